The van der Waals surface area contributed by atoms with Gasteiger partial charge in [0, 0.05) is 0 Å². The lowest BCUT2D eigenvalue weighted by Crippen LogP contribution is -1.94. The van der Waals surface area contributed by atoms with Crippen LogP contribution < -0.4 is 4.74 Å². The maximum atomic E-state index is 8.72. The van der Waals surface area contributed by atoms with Crippen LogP contribution in [0.4, 0.5) is 0 Å². The van der Waals surface area contributed by atoms with Crippen molar-refractivity contribution >= 4 is 0 Å². The fraction of sp³-hybridized carbons (Fsp3) is 0.154. The van der Waals surface area contributed by atoms with Crippen molar-refractivity contribution in [1.29, 1.82) is 5.26 Å². The van der Waals surface area contributed by atoms with E-state index < -0.39 is 0 Å². The molecule has 0 fully saturated rings. The summed E-state index contributed by atoms with van der Waals surface area (Å²) >= 11 is 0. The van der Waals surface area contributed by atoms with E-state index in [1.165, 1.54) is 12.4 Å². The molecule has 0 radical (unpaired) electrons. The Morgan fingerprint density at radius 1 is 1.24 bits per heavy atom. The lowest BCUT2D eigenvalue weighted by atomic mass is 10.1. The van der Waals surface area contributed by atoms with E-state index in [0.29, 0.717) is 5.88 Å². The second-order valence-corrected chi connectivity index (χ2v) is 3.65. The maximum absolute atomic E-state index is 8.72. The molecule has 1 aromatic heterocycles. The van der Waals surface area contributed by atoms with E-state index in [2.05, 4.69) is 9.97 Å². The average molecular weight is 225 g/mol. The highest BCUT2D eigenvalue weighted by atomic mass is 16.5. The largest absolute Gasteiger partial charge is 0.437 e. The molecule has 0 bridgehead atoms. The summed E-state index contributed by atoms with van der Waals surface area (Å²) in [6.07, 6.45) is 2.89. The van der Waals surface area contributed by atoms with Crippen LogP contribution in [-0.4, -0.2) is 9.97 Å². The van der Waals surface area contributed by atoms with Crippen LogP contribution in [0.1, 0.15) is 16.8 Å². The molecule has 17 heavy (non-hydrogen) atoms. The van der Waals surface area contributed by atoms with E-state index in [9.17, 15) is 0 Å². The zero-order valence-electron chi connectivity index (χ0n) is 9.64. The SMILES string of the molecule is Cc1cccc(Oc2cncc(C#N)n2)c1C. The molecule has 0 saturated heterocycles. The molecule has 0 aliphatic heterocycles. The Hall–Kier alpha value is -2.41. The van der Waals surface area contributed by atoms with Crippen LogP contribution in [0.15, 0.2) is 30.6 Å². The molecular formula is C13H11N3O. The summed E-state index contributed by atoms with van der Waals surface area (Å²) < 4.78 is 5.61. The Bertz CT molecular complexity index is 587. The van der Waals surface area contributed by atoms with Crippen molar-refractivity contribution in [2.24, 2.45) is 0 Å². The van der Waals surface area contributed by atoms with Gasteiger partial charge in [0.2, 0.25) is 5.88 Å². The van der Waals surface area contributed by atoms with Crippen LogP contribution in [0, 0.1) is 25.2 Å². The first-order valence-corrected chi connectivity index (χ1v) is 5.17. The molecular weight excluding hydrogens is 214 g/mol. The molecule has 0 aliphatic rings. The van der Waals surface area contributed by atoms with E-state index >= 15 is 0 Å². The van der Waals surface area contributed by atoms with E-state index in [4.69, 9.17) is 10.00 Å². The van der Waals surface area contributed by atoms with Crippen LogP contribution in [0.25, 0.3) is 0 Å². The van der Waals surface area contributed by atoms with Gasteiger partial charge in [-0.1, -0.05) is 12.1 Å². The second-order valence-electron chi connectivity index (χ2n) is 3.65. The molecule has 0 N–H and O–H groups in total. The van der Waals surface area contributed by atoms with Gasteiger partial charge in [-0.15, -0.1) is 0 Å². The number of benzene rings is 1. The Balaban J connectivity index is 2.32. The first-order chi connectivity index (χ1) is 8.20. The molecule has 0 unspecified atom stereocenters. The van der Waals surface area contributed by atoms with Gasteiger partial charge in [0.25, 0.3) is 0 Å². The molecule has 0 spiro atoms. The minimum Gasteiger partial charge on any atom is -0.437 e. The van der Waals surface area contributed by atoms with Gasteiger partial charge in [0.05, 0.1) is 12.4 Å². The average Bonchev–Trinajstić information content (AvgIpc) is 2.35. The van der Waals surface area contributed by atoms with E-state index in [-0.39, 0.29) is 5.69 Å². The third kappa shape index (κ3) is 2.40. The monoisotopic (exact) mass is 225 g/mol. The lowest BCUT2D eigenvalue weighted by molar-refractivity contribution is 0.455. The molecule has 0 amide bonds. The minimum absolute atomic E-state index is 0.243. The van der Waals surface area contributed by atoms with Crippen LogP contribution >= 0.6 is 0 Å². The summed E-state index contributed by atoms with van der Waals surface area (Å²) in [5, 5.41) is 8.72. The fourth-order valence-electron chi connectivity index (χ4n) is 1.40. The van der Waals surface area contributed by atoms with Crippen LogP contribution in [0.5, 0.6) is 11.6 Å². The third-order valence-corrected chi connectivity index (χ3v) is 2.50. The summed E-state index contributed by atoms with van der Waals surface area (Å²) in [5.74, 6) is 1.06. The van der Waals surface area contributed by atoms with E-state index in [1.54, 1.807) is 0 Å². The van der Waals surface area contributed by atoms with Gasteiger partial charge in [-0.3, -0.25) is 4.98 Å². The summed E-state index contributed by atoms with van der Waals surface area (Å²) in [4.78, 5) is 7.91. The number of aryl methyl sites for hydroxylation is 1. The number of hydrogen-bond donors (Lipinski definition) is 0. The van der Waals surface area contributed by atoms with Crippen LogP contribution in [0.3, 0.4) is 0 Å². The maximum Gasteiger partial charge on any atom is 0.239 e. The number of hydrogen-bond acceptors (Lipinski definition) is 4. The Morgan fingerprint density at radius 3 is 2.82 bits per heavy atom. The van der Waals surface area contributed by atoms with Gasteiger partial charge >= 0.3 is 0 Å². The van der Waals surface area contributed by atoms with Crippen molar-refractivity contribution in [3.63, 3.8) is 0 Å². The predicted molar refractivity (Wildman–Crippen MR) is 62.7 cm³/mol. The molecule has 0 atom stereocenters. The van der Waals surface area contributed by atoms with Crippen molar-refractivity contribution in [3.8, 4) is 17.7 Å². The zero-order chi connectivity index (χ0) is 12.3. The van der Waals surface area contributed by atoms with Crippen molar-refractivity contribution < 1.29 is 4.74 Å². The van der Waals surface area contributed by atoms with Gasteiger partial charge in [-0.05, 0) is 31.0 Å². The summed E-state index contributed by atoms with van der Waals surface area (Å²) in [6, 6.07) is 7.72. The topological polar surface area (TPSA) is 58.8 Å². The minimum atomic E-state index is 0.243. The van der Waals surface area contributed by atoms with Crippen molar-refractivity contribution in [2.45, 2.75) is 13.8 Å². The van der Waals surface area contributed by atoms with E-state index in [1.807, 2.05) is 38.1 Å². The predicted octanol–water partition coefficient (Wildman–Crippen LogP) is 2.76. The smallest absolute Gasteiger partial charge is 0.239 e. The fourth-order valence-corrected chi connectivity index (χ4v) is 1.40. The van der Waals surface area contributed by atoms with Gasteiger partial charge in [-0.2, -0.15) is 10.2 Å². The molecule has 0 aliphatic carbocycles. The molecule has 4 nitrogen and oxygen atoms in total. The standard InChI is InChI=1S/C13H11N3O/c1-9-4-3-5-12(10(9)2)17-13-8-15-7-11(6-14)16-13/h3-5,7-8H,1-2H3. The molecule has 0 saturated carbocycles. The van der Waals surface area contributed by atoms with Crippen LogP contribution in [-0.2, 0) is 0 Å². The van der Waals surface area contributed by atoms with Gasteiger partial charge in [0.1, 0.15) is 11.8 Å². The van der Waals surface area contributed by atoms with Crippen LogP contribution in [0.2, 0.25) is 0 Å². The van der Waals surface area contributed by atoms with Gasteiger partial charge < -0.3 is 4.74 Å². The Labute approximate surface area is 99.5 Å². The molecule has 1 aromatic carbocycles. The molecule has 4 heteroatoms. The lowest BCUT2D eigenvalue weighted by Gasteiger charge is -2.09. The zero-order valence-corrected chi connectivity index (χ0v) is 9.64. The Morgan fingerprint density at radius 2 is 2.06 bits per heavy atom. The number of nitrogens with zero attached hydrogens (tertiary/aromatic N) is 3. The van der Waals surface area contributed by atoms with Gasteiger partial charge in [0.15, 0.2) is 5.69 Å². The highest BCUT2D eigenvalue weighted by Gasteiger charge is 2.05. The molecule has 84 valence electrons. The highest BCUT2D eigenvalue weighted by Crippen LogP contribution is 2.25. The molecule has 1 heterocycles. The van der Waals surface area contributed by atoms with Gasteiger partial charge in [-0.25, -0.2) is 0 Å². The van der Waals surface area contributed by atoms with Crippen molar-refractivity contribution in [3.05, 3.63) is 47.4 Å². The third-order valence-electron chi connectivity index (χ3n) is 2.50. The number of rotatable bonds is 2. The number of ether oxygens (including phenoxy) is 1. The first-order valence-electron chi connectivity index (χ1n) is 5.17. The molecule has 2 aromatic rings. The van der Waals surface area contributed by atoms with Crippen molar-refractivity contribution in [2.75, 3.05) is 0 Å². The quantitative estimate of drug-likeness (QED) is 0.788. The number of nitriles is 1. The highest BCUT2D eigenvalue weighted by molar-refractivity contribution is 5.40. The molecule has 2 rings (SSSR count). The summed E-state index contributed by atoms with van der Waals surface area (Å²) in [6.45, 7) is 3.99. The summed E-state index contributed by atoms with van der Waals surface area (Å²) in [5.41, 5.74) is 2.44. The van der Waals surface area contributed by atoms with Crippen molar-refractivity contribution in [1.82, 2.24) is 9.97 Å². The summed E-state index contributed by atoms with van der Waals surface area (Å²) in [7, 11) is 0. The van der Waals surface area contributed by atoms with E-state index in [0.717, 1.165) is 16.9 Å². The first kappa shape index (κ1) is 11.1. The number of aromatic nitrogens is 2. The Kier molecular flexibility index (Phi) is 3.01. The normalized spacial score (nSPS) is 9.71. The second kappa shape index (κ2) is 4.62.